The maximum Gasteiger partial charge on any atom is 0.246 e. The van der Waals surface area contributed by atoms with Crippen LogP contribution in [0.1, 0.15) is 37.7 Å². The molecular formula is C23H31N7O2. The Balaban J connectivity index is 1.34. The van der Waals surface area contributed by atoms with E-state index in [4.69, 9.17) is 9.72 Å². The Morgan fingerprint density at radius 3 is 2.78 bits per heavy atom. The van der Waals surface area contributed by atoms with E-state index in [0.29, 0.717) is 30.8 Å². The lowest BCUT2D eigenvalue weighted by molar-refractivity contribution is -0.123. The Labute approximate surface area is 188 Å². The monoisotopic (exact) mass is 437 g/mol. The van der Waals surface area contributed by atoms with E-state index in [2.05, 4.69) is 30.4 Å². The van der Waals surface area contributed by atoms with Gasteiger partial charge in [-0.25, -0.2) is 9.97 Å². The minimum Gasteiger partial charge on any atom is -0.491 e. The molecular weight excluding hydrogens is 406 g/mol. The lowest BCUT2D eigenvalue weighted by Gasteiger charge is -2.38. The second-order valence-electron chi connectivity index (χ2n) is 9.22. The average molecular weight is 438 g/mol. The molecule has 9 heteroatoms. The summed E-state index contributed by atoms with van der Waals surface area (Å²) in [4.78, 5) is 31.1. The van der Waals surface area contributed by atoms with Gasteiger partial charge < -0.3 is 25.2 Å². The molecule has 1 saturated heterocycles. The molecule has 1 unspecified atom stereocenters. The molecule has 4 heterocycles. The Kier molecular flexibility index (Phi) is 5.58. The molecule has 0 bridgehead atoms. The van der Waals surface area contributed by atoms with Crippen molar-refractivity contribution in [2.24, 2.45) is 0 Å². The van der Waals surface area contributed by atoms with Gasteiger partial charge in [0, 0.05) is 37.3 Å². The number of nitrogens with one attached hydrogen (secondary N) is 2. The number of carbonyl (C=O) groups is 1. The fourth-order valence-electron chi connectivity index (χ4n) is 5.14. The number of hydrogen-bond acceptors (Lipinski definition) is 8. The Bertz CT molecular complexity index is 975. The number of rotatable bonds is 7. The van der Waals surface area contributed by atoms with E-state index >= 15 is 0 Å². The van der Waals surface area contributed by atoms with Gasteiger partial charge >= 0.3 is 0 Å². The molecule has 2 aromatic heterocycles. The van der Waals surface area contributed by atoms with Crippen LogP contribution >= 0.6 is 0 Å². The Morgan fingerprint density at radius 1 is 1.25 bits per heavy atom. The highest BCUT2D eigenvalue weighted by Crippen LogP contribution is 2.46. The number of amides is 1. The summed E-state index contributed by atoms with van der Waals surface area (Å²) < 4.78 is 5.71. The zero-order chi connectivity index (χ0) is 22.1. The van der Waals surface area contributed by atoms with Crippen LogP contribution in [0.25, 0.3) is 0 Å². The van der Waals surface area contributed by atoms with Crippen molar-refractivity contribution >= 4 is 23.5 Å². The van der Waals surface area contributed by atoms with Crippen molar-refractivity contribution in [2.45, 2.75) is 50.1 Å². The number of anilines is 3. The SMILES string of the molecule is CN(C)CCOc1ccc(Nc2ncc3c(n2)N(C2CCCC2)C2(CCNC2=O)C3)nc1. The second kappa shape index (κ2) is 8.54. The van der Waals surface area contributed by atoms with Gasteiger partial charge in [0.2, 0.25) is 11.9 Å². The molecule has 170 valence electrons. The molecule has 3 aliphatic rings. The number of hydrogen-bond donors (Lipinski definition) is 2. The molecule has 5 rings (SSSR count). The zero-order valence-electron chi connectivity index (χ0n) is 18.8. The van der Waals surface area contributed by atoms with Crippen LogP contribution in [-0.4, -0.2) is 71.1 Å². The van der Waals surface area contributed by atoms with E-state index in [9.17, 15) is 4.79 Å². The molecule has 2 aliphatic heterocycles. The molecule has 2 fully saturated rings. The normalized spacial score (nSPS) is 22.6. The number of carbonyl (C=O) groups excluding carboxylic acids is 1. The average Bonchev–Trinajstić information content (AvgIpc) is 3.49. The van der Waals surface area contributed by atoms with Crippen LogP contribution in [0.15, 0.2) is 24.5 Å². The van der Waals surface area contributed by atoms with Crippen molar-refractivity contribution in [1.82, 2.24) is 25.2 Å². The molecule has 1 spiro atoms. The molecule has 0 radical (unpaired) electrons. The van der Waals surface area contributed by atoms with Gasteiger partial charge in [-0.3, -0.25) is 4.79 Å². The van der Waals surface area contributed by atoms with Crippen LogP contribution in [0.2, 0.25) is 0 Å². The third kappa shape index (κ3) is 3.85. The fraction of sp³-hybridized carbons (Fsp3) is 0.565. The Hall–Kier alpha value is -2.94. The first-order valence-corrected chi connectivity index (χ1v) is 11.5. The van der Waals surface area contributed by atoms with Crippen LogP contribution in [0.4, 0.5) is 17.6 Å². The maximum absolute atomic E-state index is 12.9. The number of pyridine rings is 1. The molecule has 0 aromatic carbocycles. The first-order valence-electron chi connectivity index (χ1n) is 11.5. The largest absolute Gasteiger partial charge is 0.491 e. The first-order chi connectivity index (χ1) is 15.5. The molecule has 9 nitrogen and oxygen atoms in total. The van der Waals surface area contributed by atoms with Gasteiger partial charge in [-0.05, 0) is 45.5 Å². The summed E-state index contributed by atoms with van der Waals surface area (Å²) in [6, 6.07) is 4.11. The minimum absolute atomic E-state index is 0.128. The van der Waals surface area contributed by atoms with Gasteiger partial charge in [-0.15, -0.1) is 0 Å². The summed E-state index contributed by atoms with van der Waals surface area (Å²) >= 11 is 0. The number of fused-ring (bicyclic) bond motifs is 1. The topological polar surface area (TPSA) is 95.5 Å². The summed E-state index contributed by atoms with van der Waals surface area (Å²) in [5, 5.41) is 6.26. The maximum atomic E-state index is 12.9. The van der Waals surface area contributed by atoms with Gasteiger partial charge in [0.25, 0.3) is 0 Å². The summed E-state index contributed by atoms with van der Waals surface area (Å²) in [7, 11) is 4.03. The van der Waals surface area contributed by atoms with Crippen LogP contribution in [0.3, 0.4) is 0 Å². The fourth-order valence-corrected chi connectivity index (χ4v) is 5.14. The van der Waals surface area contributed by atoms with Crippen molar-refractivity contribution in [1.29, 1.82) is 0 Å². The van der Waals surface area contributed by atoms with E-state index in [-0.39, 0.29) is 5.91 Å². The highest BCUT2D eigenvalue weighted by Gasteiger charge is 2.55. The number of aromatic nitrogens is 3. The van der Waals surface area contributed by atoms with E-state index in [0.717, 1.165) is 49.5 Å². The van der Waals surface area contributed by atoms with Gasteiger partial charge in [0.1, 0.15) is 29.5 Å². The second-order valence-corrected chi connectivity index (χ2v) is 9.22. The predicted octanol–water partition coefficient (Wildman–Crippen LogP) is 2.12. The standard InChI is InChI=1S/C23H31N7O2/c1-29(2)11-12-32-18-7-8-19(25-15-18)27-22-26-14-16-13-23(9-10-24-21(23)31)30(20(16)28-22)17-5-3-4-6-17/h7-8,14-15,17H,3-6,9-13H2,1-2H3,(H,24,31)(H,25,26,27,28). The van der Waals surface area contributed by atoms with Gasteiger partial charge in [-0.1, -0.05) is 12.8 Å². The highest BCUT2D eigenvalue weighted by molar-refractivity contribution is 5.94. The molecule has 1 amide bonds. The van der Waals surface area contributed by atoms with Crippen molar-refractivity contribution < 1.29 is 9.53 Å². The van der Waals surface area contributed by atoms with Gasteiger partial charge in [0.15, 0.2) is 0 Å². The number of likely N-dealkylation sites (N-methyl/N-ethyl adjacent to an activating group) is 1. The molecule has 1 aliphatic carbocycles. The third-order valence-corrected chi connectivity index (χ3v) is 6.73. The van der Waals surface area contributed by atoms with Crippen LogP contribution in [0.5, 0.6) is 5.75 Å². The molecule has 32 heavy (non-hydrogen) atoms. The van der Waals surface area contributed by atoms with E-state index < -0.39 is 5.54 Å². The molecule has 2 aromatic rings. The lowest BCUT2D eigenvalue weighted by atomic mass is 9.91. The smallest absolute Gasteiger partial charge is 0.246 e. The molecule has 2 N–H and O–H groups in total. The zero-order valence-corrected chi connectivity index (χ0v) is 18.8. The van der Waals surface area contributed by atoms with Crippen molar-refractivity contribution in [2.75, 3.05) is 44.0 Å². The van der Waals surface area contributed by atoms with E-state index in [1.807, 2.05) is 32.4 Å². The highest BCUT2D eigenvalue weighted by atomic mass is 16.5. The quantitative estimate of drug-likeness (QED) is 0.680. The lowest BCUT2D eigenvalue weighted by Crippen LogP contribution is -2.56. The van der Waals surface area contributed by atoms with Crippen LogP contribution < -0.4 is 20.3 Å². The van der Waals surface area contributed by atoms with E-state index in [1.54, 1.807) is 6.20 Å². The summed E-state index contributed by atoms with van der Waals surface area (Å²) in [5.41, 5.74) is 0.547. The summed E-state index contributed by atoms with van der Waals surface area (Å²) in [5.74, 6) is 2.91. The van der Waals surface area contributed by atoms with Gasteiger partial charge in [0.05, 0.1) is 6.20 Å². The summed E-state index contributed by atoms with van der Waals surface area (Å²) in [6.07, 6.45) is 9.70. The van der Waals surface area contributed by atoms with Crippen molar-refractivity contribution in [3.63, 3.8) is 0 Å². The first kappa shape index (κ1) is 20.9. The van der Waals surface area contributed by atoms with Crippen molar-refractivity contribution in [3.05, 3.63) is 30.1 Å². The van der Waals surface area contributed by atoms with Gasteiger partial charge in [-0.2, -0.15) is 4.98 Å². The number of ether oxygens (including phenoxy) is 1. The van der Waals surface area contributed by atoms with E-state index in [1.165, 1.54) is 12.8 Å². The molecule has 1 saturated carbocycles. The Morgan fingerprint density at radius 2 is 2.09 bits per heavy atom. The van der Waals surface area contributed by atoms with Crippen molar-refractivity contribution in [3.8, 4) is 5.75 Å². The summed E-state index contributed by atoms with van der Waals surface area (Å²) in [6.45, 7) is 2.18. The van der Waals surface area contributed by atoms with Crippen LogP contribution in [-0.2, 0) is 11.2 Å². The van der Waals surface area contributed by atoms with Crippen LogP contribution in [0, 0.1) is 0 Å². The third-order valence-electron chi connectivity index (χ3n) is 6.73. The minimum atomic E-state index is -0.506. The molecule has 1 atom stereocenters. The number of nitrogens with zero attached hydrogens (tertiary/aromatic N) is 5. The predicted molar refractivity (Wildman–Crippen MR) is 122 cm³/mol.